The summed E-state index contributed by atoms with van der Waals surface area (Å²) in [5.41, 5.74) is 4.29. The third-order valence-electron chi connectivity index (χ3n) is 4.69. The first-order valence-corrected chi connectivity index (χ1v) is 8.10. The molecule has 0 aliphatic carbocycles. The van der Waals surface area contributed by atoms with Crippen molar-refractivity contribution >= 4 is 45.9 Å². The summed E-state index contributed by atoms with van der Waals surface area (Å²) in [7, 11) is 6.09. The van der Waals surface area contributed by atoms with E-state index in [4.69, 9.17) is 7.85 Å². The van der Waals surface area contributed by atoms with E-state index < -0.39 is 0 Å². The van der Waals surface area contributed by atoms with E-state index in [-0.39, 0.29) is 0 Å². The Hall–Kier alpha value is -3.00. The Balaban J connectivity index is 2.07. The van der Waals surface area contributed by atoms with Gasteiger partial charge in [-0.2, -0.15) is 0 Å². The number of aromatic nitrogens is 1. The molecule has 24 heavy (non-hydrogen) atoms. The van der Waals surface area contributed by atoms with Crippen LogP contribution in [0.3, 0.4) is 0 Å². The number of hydrogen-bond donors (Lipinski definition) is 0. The molecule has 0 saturated carbocycles. The van der Waals surface area contributed by atoms with Crippen LogP contribution in [0, 0.1) is 0 Å². The highest BCUT2D eigenvalue weighted by atomic mass is 15.0. The van der Waals surface area contributed by atoms with Gasteiger partial charge in [-0.25, -0.2) is 0 Å². The van der Waals surface area contributed by atoms with Crippen LogP contribution in [0.1, 0.15) is 0 Å². The fourth-order valence-electron chi connectivity index (χ4n) is 3.66. The van der Waals surface area contributed by atoms with Gasteiger partial charge in [-0.3, -0.25) is 0 Å². The third-order valence-corrected chi connectivity index (χ3v) is 4.69. The molecule has 110 valence electrons. The molecule has 0 unspecified atom stereocenters. The van der Waals surface area contributed by atoms with Gasteiger partial charge in [0.1, 0.15) is 7.85 Å². The lowest BCUT2D eigenvalue weighted by Gasteiger charge is -2.08. The Morgan fingerprint density at radius 1 is 0.625 bits per heavy atom. The predicted octanol–water partition coefficient (Wildman–Crippen LogP) is 4.73. The van der Waals surface area contributed by atoms with E-state index in [0.29, 0.717) is 0 Å². The van der Waals surface area contributed by atoms with Gasteiger partial charge >= 0.3 is 0 Å². The summed E-state index contributed by atoms with van der Waals surface area (Å²) >= 11 is 0. The second-order valence-electron chi connectivity index (χ2n) is 6.13. The van der Waals surface area contributed by atoms with E-state index in [1.54, 1.807) is 0 Å². The predicted molar refractivity (Wildman–Crippen MR) is 104 cm³/mol. The van der Waals surface area contributed by atoms with Crippen molar-refractivity contribution in [2.75, 3.05) is 0 Å². The molecule has 0 aliphatic rings. The van der Waals surface area contributed by atoms with Crippen LogP contribution in [0.2, 0.25) is 0 Å². The summed E-state index contributed by atoms with van der Waals surface area (Å²) in [6.07, 6.45) is 0. The molecule has 2 radical (unpaired) electrons. The molecule has 0 fully saturated rings. The normalized spacial score (nSPS) is 11.5. The zero-order chi connectivity index (χ0) is 16.1. The molecule has 0 aliphatic heterocycles. The zero-order valence-corrected chi connectivity index (χ0v) is 13.1. The van der Waals surface area contributed by atoms with Crippen molar-refractivity contribution in [3.63, 3.8) is 0 Å². The van der Waals surface area contributed by atoms with Gasteiger partial charge in [0.05, 0.1) is 11.0 Å². The topological polar surface area (TPSA) is 4.93 Å². The Labute approximate surface area is 141 Å². The van der Waals surface area contributed by atoms with Crippen LogP contribution < -0.4 is 5.46 Å². The van der Waals surface area contributed by atoms with Crippen LogP contribution in [0.5, 0.6) is 0 Å². The zero-order valence-electron chi connectivity index (χ0n) is 13.1. The minimum atomic E-state index is 0.784. The molecule has 2 heteroatoms. The molecule has 4 aromatic carbocycles. The molecule has 5 aromatic rings. The number of benzene rings is 4. The largest absolute Gasteiger partial charge is 0.309 e. The monoisotopic (exact) mass is 303 g/mol. The Morgan fingerprint density at radius 3 is 2.29 bits per heavy atom. The summed E-state index contributed by atoms with van der Waals surface area (Å²) < 4.78 is 2.30. The fraction of sp³-hybridized carbons (Fsp3) is 0. The van der Waals surface area contributed by atoms with Gasteiger partial charge in [0.15, 0.2) is 0 Å². The molecule has 5 rings (SSSR count). The molecular formula is C22H14BN. The Bertz CT molecular complexity index is 1200. The van der Waals surface area contributed by atoms with E-state index in [0.717, 1.165) is 16.7 Å². The molecule has 1 nitrogen and oxygen atoms in total. The maximum atomic E-state index is 6.09. The number of rotatable bonds is 1. The summed E-state index contributed by atoms with van der Waals surface area (Å²) in [4.78, 5) is 0. The molecule has 0 saturated heterocycles. The van der Waals surface area contributed by atoms with Gasteiger partial charge in [0.25, 0.3) is 0 Å². The standard InChI is InChI=1S/C22H14BN/c23-16-11-12-19-21(14-16)24(17-7-2-1-3-8-17)20-13-10-15-6-4-5-9-18(15)22(19)20/h1-14H. The van der Waals surface area contributed by atoms with Gasteiger partial charge in [-0.05, 0) is 35.0 Å². The van der Waals surface area contributed by atoms with Crippen molar-refractivity contribution in [2.45, 2.75) is 0 Å². The van der Waals surface area contributed by atoms with Gasteiger partial charge in [0, 0.05) is 16.5 Å². The highest BCUT2D eigenvalue weighted by molar-refractivity contribution is 6.34. The Kier molecular flexibility index (Phi) is 2.80. The minimum Gasteiger partial charge on any atom is -0.309 e. The lowest BCUT2D eigenvalue weighted by molar-refractivity contribution is 1.18. The first-order chi connectivity index (χ1) is 11.8. The summed E-state index contributed by atoms with van der Waals surface area (Å²) in [6.45, 7) is 0. The van der Waals surface area contributed by atoms with E-state index >= 15 is 0 Å². The van der Waals surface area contributed by atoms with Crippen LogP contribution in [-0.2, 0) is 0 Å². The molecule has 0 amide bonds. The quantitative estimate of drug-likeness (QED) is 0.394. The molecule has 0 spiro atoms. The second kappa shape index (κ2) is 5.00. The number of hydrogen-bond acceptors (Lipinski definition) is 0. The first kappa shape index (κ1) is 13.4. The third kappa shape index (κ3) is 1.83. The van der Waals surface area contributed by atoms with Gasteiger partial charge < -0.3 is 4.57 Å². The smallest absolute Gasteiger partial charge is 0.113 e. The molecule has 1 heterocycles. The number of fused-ring (bicyclic) bond motifs is 5. The van der Waals surface area contributed by atoms with Crippen molar-refractivity contribution in [3.05, 3.63) is 84.9 Å². The molecule has 0 N–H and O–H groups in total. The van der Waals surface area contributed by atoms with E-state index in [1.165, 1.54) is 27.1 Å². The van der Waals surface area contributed by atoms with Crippen LogP contribution in [0.15, 0.2) is 84.9 Å². The maximum Gasteiger partial charge on any atom is 0.113 e. The maximum absolute atomic E-state index is 6.09. The summed E-state index contributed by atoms with van der Waals surface area (Å²) in [5, 5.41) is 5.06. The second-order valence-corrected chi connectivity index (χ2v) is 6.13. The fourth-order valence-corrected chi connectivity index (χ4v) is 3.66. The molecule has 1 aromatic heterocycles. The van der Waals surface area contributed by atoms with Crippen LogP contribution in [-0.4, -0.2) is 12.4 Å². The lowest BCUT2D eigenvalue weighted by Crippen LogP contribution is -2.01. The molecular weight excluding hydrogens is 289 g/mol. The lowest BCUT2D eigenvalue weighted by atomic mass is 9.94. The van der Waals surface area contributed by atoms with Crippen LogP contribution in [0.25, 0.3) is 38.3 Å². The van der Waals surface area contributed by atoms with Crippen molar-refractivity contribution in [2.24, 2.45) is 0 Å². The van der Waals surface area contributed by atoms with Gasteiger partial charge in [-0.15, -0.1) is 0 Å². The van der Waals surface area contributed by atoms with Crippen LogP contribution >= 0.6 is 0 Å². The van der Waals surface area contributed by atoms with Crippen LogP contribution in [0.4, 0.5) is 0 Å². The van der Waals surface area contributed by atoms with Gasteiger partial charge in [-0.1, -0.05) is 66.1 Å². The first-order valence-electron chi connectivity index (χ1n) is 8.10. The van der Waals surface area contributed by atoms with E-state index in [2.05, 4.69) is 77.4 Å². The van der Waals surface area contributed by atoms with Gasteiger partial charge in [0.2, 0.25) is 0 Å². The Morgan fingerprint density at radius 2 is 1.42 bits per heavy atom. The van der Waals surface area contributed by atoms with Crippen molar-refractivity contribution in [3.8, 4) is 5.69 Å². The average molecular weight is 303 g/mol. The van der Waals surface area contributed by atoms with Crippen molar-refractivity contribution in [1.29, 1.82) is 0 Å². The number of nitrogens with zero attached hydrogens (tertiary/aromatic N) is 1. The van der Waals surface area contributed by atoms with E-state index in [9.17, 15) is 0 Å². The highest BCUT2D eigenvalue weighted by Crippen LogP contribution is 2.36. The molecule has 0 atom stereocenters. The summed E-state index contributed by atoms with van der Waals surface area (Å²) in [5.74, 6) is 0. The average Bonchev–Trinajstić information content (AvgIpc) is 2.96. The molecule has 0 bridgehead atoms. The summed E-state index contributed by atoms with van der Waals surface area (Å²) in [6, 6.07) is 29.6. The number of para-hydroxylation sites is 1. The van der Waals surface area contributed by atoms with Crippen molar-refractivity contribution < 1.29 is 0 Å². The minimum absolute atomic E-state index is 0.784. The SMILES string of the molecule is [B]c1ccc2c3c4ccccc4ccc3n(-c3ccccc3)c2c1. The van der Waals surface area contributed by atoms with E-state index in [1.807, 2.05) is 12.1 Å². The highest BCUT2D eigenvalue weighted by Gasteiger charge is 2.14. The van der Waals surface area contributed by atoms with Crippen molar-refractivity contribution in [1.82, 2.24) is 4.57 Å².